The van der Waals surface area contributed by atoms with Gasteiger partial charge < -0.3 is 16.0 Å². The van der Waals surface area contributed by atoms with E-state index in [9.17, 15) is 13.2 Å². The fraction of sp³-hybridized carbons (Fsp3) is 0.423. The number of aromatic nitrogens is 1. The lowest BCUT2D eigenvalue weighted by atomic mass is 9.90. The first kappa shape index (κ1) is 23.5. The van der Waals surface area contributed by atoms with E-state index >= 15 is 0 Å². The molecule has 4 N–H and O–H groups in total. The highest BCUT2D eigenvalue weighted by atomic mass is 32.2. The maximum atomic E-state index is 12.3. The number of fused-ring (bicyclic) bond motifs is 1. The summed E-state index contributed by atoms with van der Waals surface area (Å²) >= 11 is 0. The summed E-state index contributed by atoms with van der Waals surface area (Å²) in [5.74, 6) is 0.625. The average Bonchev–Trinajstić information content (AvgIpc) is 3.20. The highest BCUT2D eigenvalue weighted by molar-refractivity contribution is 7.91. The second-order valence-corrected chi connectivity index (χ2v) is 11.9. The van der Waals surface area contributed by atoms with Crippen molar-refractivity contribution in [3.05, 3.63) is 59.3 Å². The maximum absolute atomic E-state index is 12.3. The number of amides is 1. The van der Waals surface area contributed by atoms with E-state index in [0.29, 0.717) is 30.4 Å². The number of aromatic amines is 1. The van der Waals surface area contributed by atoms with Crippen molar-refractivity contribution in [2.75, 3.05) is 11.5 Å². The van der Waals surface area contributed by atoms with Crippen LogP contribution in [0.1, 0.15) is 61.0 Å². The number of hydrogen-bond donors (Lipinski definition) is 3. The van der Waals surface area contributed by atoms with Gasteiger partial charge in [-0.15, -0.1) is 0 Å². The van der Waals surface area contributed by atoms with Crippen molar-refractivity contribution in [1.29, 1.82) is 0 Å². The molecule has 1 fully saturated rings. The van der Waals surface area contributed by atoms with Crippen LogP contribution < -0.4 is 11.1 Å². The lowest BCUT2D eigenvalue weighted by Gasteiger charge is -2.21. The molecule has 0 saturated carbocycles. The van der Waals surface area contributed by atoms with Gasteiger partial charge in [-0.25, -0.2) is 8.42 Å². The first-order valence-corrected chi connectivity index (χ1v) is 13.4. The number of carbonyl (C=O) groups excluding carboxylic acids is 1. The fourth-order valence-electron chi connectivity index (χ4n) is 4.53. The predicted molar refractivity (Wildman–Crippen MR) is 134 cm³/mol. The molecule has 1 atom stereocenters. The van der Waals surface area contributed by atoms with Crippen LogP contribution in [0, 0.1) is 5.92 Å². The minimum atomic E-state index is -2.95. The van der Waals surface area contributed by atoms with Gasteiger partial charge in [-0.1, -0.05) is 32.0 Å². The highest BCUT2D eigenvalue weighted by Crippen LogP contribution is 2.37. The van der Waals surface area contributed by atoms with Crippen molar-refractivity contribution in [3.8, 4) is 11.1 Å². The van der Waals surface area contributed by atoms with Crippen LogP contribution in [-0.2, 0) is 16.4 Å². The van der Waals surface area contributed by atoms with Crippen LogP contribution >= 0.6 is 0 Å². The Balaban J connectivity index is 1.71. The zero-order valence-corrected chi connectivity index (χ0v) is 20.3. The van der Waals surface area contributed by atoms with Gasteiger partial charge in [0.1, 0.15) is 9.84 Å². The van der Waals surface area contributed by atoms with E-state index in [2.05, 4.69) is 49.3 Å². The molecule has 176 valence electrons. The van der Waals surface area contributed by atoms with E-state index in [1.807, 2.05) is 24.4 Å². The lowest BCUT2D eigenvalue weighted by Crippen LogP contribution is -2.30. The van der Waals surface area contributed by atoms with Crippen LogP contribution in [0.3, 0.4) is 0 Å². The predicted octanol–water partition coefficient (Wildman–Crippen LogP) is 4.36. The van der Waals surface area contributed by atoms with E-state index < -0.39 is 15.7 Å². The Morgan fingerprint density at radius 1 is 1.12 bits per heavy atom. The van der Waals surface area contributed by atoms with E-state index in [-0.39, 0.29) is 17.4 Å². The third-order valence-electron chi connectivity index (χ3n) is 6.97. The van der Waals surface area contributed by atoms with Gasteiger partial charge in [0.2, 0.25) is 0 Å². The van der Waals surface area contributed by atoms with E-state index in [1.165, 1.54) is 5.56 Å². The summed E-state index contributed by atoms with van der Waals surface area (Å²) in [6, 6.07) is 12.7. The number of nitrogens with one attached hydrogen (secondary N) is 2. The Bertz CT molecular complexity index is 1260. The molecule has 2 heterocycles. The summed E-state index contributed by atoms with van der Waals surface area (Å²) in [5.41, 5.74) is 11.1. The van der Waals surface area contributed by atoms with Gasteiger partial charge in [-0.05, 0) is 72.1 Å². The number of H-pyrrole nitrogens is 1. The molecule has 0 spiro atoms. The number of rotatable bonds is 7. The molecule has 0 aliphatic carbocycles. The van der Waals surface area contributed by atoms with Crippen molar-refractivity contribution in [1.82, 2.24) is 10.3 Å². The van der Waals surface area contributed by atoms with E-state index in [4.69, 9.17) is 5.73 Å². The second-order valence-electron chi connectivity index (χ2n) is 9.59. The molecule has 6 nitrogen and oxygen atoms in total. The van der Waals surface area contributed by atoms with Gasteiger partial charge >= 0.3 is 0 Å². The fourth-order valence-corrected chi connectivity index (χ4v) is 6.02. The molecular weight excluding hydrogens is 434 g/mol. The van der Waals surface area contributed by atoms with Crippen molar-refractivity contribution >= 4 is 26.6 Å². The molecule has 1 amide bonds. The average molecular weight is 468 g/mol. The number of nitrogens with two attached hydrogens (primary N) is 1. The molecule has 0 bridgehead atoms. The Hall–Kier alpha value is -2.64. The number of hydrogen-bond acceptors (Lipinski definition) is 4. The maximum Gasteiger partial charge on any atom is 0.250 e. The Morgan fingerprint density at radius 3 is 2.52 bits per heavy atom. The van der Waals surface area contributed by atoms with Crippen molar-refractivity contribution in [3.63, 3.8) is 0 Å². The summed E-state index contributed by atoms with van der Waals surface area (Å²) in [4.78, 5) is 15.5. The topological polar surface area (TPSA) is 105 Å². The Morgan fingerprint density at radius 2 is 1.85 bits per heavy atom. The minimum absolute atomic E-state index is 0.145. The van der Waals surface area contributed by atoms with Crippen molar-refractivity contribution in [2.24, 2.45) is 11.7 Å². The summed E-state index contributed by atoms with van der Waals surface area (Å²) in [5, 5.41) is 4.51. The molecule has 33 heavy (non-hydrogen) atoms. The summed E-state index contributed by atoms with van der Waals surface area (Å²) in [6.45, 7) is 7.35. The molecule has 4 rings (SSSR count). The van der Waals surface area contributed by atoms with Gasteiger partial charge in [0.25, 0.3) is 5.91 Å². The zero-order chi connectivity index (χ0) is 23.8. The van der Waals surface area contributed by atoms with Crippen LogP contribution in [0.2, 0.25) is 0 Å². The molecule has 1 aromatic heterocycles. The molecule has 2 aromatic carbocycles. The Labute approximate surface area is 195 Å². The molecule has 1 aliphatic rings. The normalized spacial score (nSPS) is 17.5. The number of sulfone groups is 1. The smallest absolute Gasteiger partial charge is 0.250 e. The number of primary amides is 1. The van der Waals surface area contributed by atoms with Gasteiger partial charge in [0, 0.05) is 24.2 Å². The van der Waals surface area contributed by atoms with Crippen LogP contribution in [0.4, 0.5) is 0 Å². The van der Waals surface area contributed by atoms with Crippen molar-refractivity contribution in [2.45, 2.75) is 52.1 Å². The minimum Gasteiger partial charge on any atom is -0.366 e. The van der Waals surface area contributed by atoms with Crippen LogP contribution in [0.25, 0.3) is 22.0 Å². The molecule has 1 aliphatic heterocycles. The summed E-state index contributed by atoms with van der Waals surface area (Å²) in [6.07, 6.45) is 3.11. The summed E-state index contributed by atoms with van der Waals surface area (Å²) < 4.78 is 23.8. The van der Waals surface area contributed by atoms with Gasteiger partial charge in [0.15, 0.2) is 0 Å². The van der Waals surface area contributed by atoms with Gasteiger partial charge in [-0.2, -0.15) is 0 Å². The van der Waals surface area contributed by atoms with Crippen LogP contribution in [0.15, 0.2) is 42.6 Å². The quantitative estimate of drug-likeness (QED) is 0.480. The van der Waals surface area contributed by atoms with Crippen LogP contribution in [0.5, 0.6) is 0 Å². The largest absolute Gasteiger partial charge is 0.366 e. The van der Waals surface area contributed by atoms with Crippen LogP contribution in [-0.4, -0.2) is 36.9 Å². The molecular formula is C26H33N3O3S. The molecule has 1 saturated heterocycles. The Kier molecular flexibility index (Phi) is 6.64. The number of carbonyl (C=O) groups is 1. The first-order valence-electron chi connectivity index (χ1n) is 11.6. The standard InChI is InChI=1S/C26H33N3O3S/c1-16(2)17(3)28-14-18-5-4-6-20(11-18)21-12-22-24(19-7-9-33(31,32)10-8-19)15-29-25(22)23(13-21)26(27)30/h4-6,11-13,15-17,19,28-29H,7-10,14H2,1-3H3,(H2,27,30)/t17-/m0/s1. The lowest BCUT2D eigenvalue weighted by molar-refractivity contribution is 0.100. The third kappa shape index (κ3) is 5.14. The third-order valence-corrected chi connectivity index (χ3v) is 8.69. The number of benzene rings is 2. The molecule has 3 aromatic rings. The molecule has 0 unspecified atom stereocenters. The molecule has 7 heteroatoms. The zero-order valence-electron chi connectivity index (χ0n) is 19.5. The highest BCUT2D eigenvalue weighted by Gasteiger charge is 2.27. The van der Waals surface area contributed by atoms with Gasteiger partial charge in [0.05, 0.1) is 22.6 Å². The van der Waals surface area contributed by atoms with Crippen molar-refractivity contribution < 1.29 is 13.2 Å². The monoisotopic (exact) mass is 467 g/mol. The van der Waals surface area contributed by atoms with E-state index in [1.54, 1.807) is 0 Å². The second kappa shape index (κ2) is 9.31. The van der Waals surface area contributed by atoms with Gasteiger partial charge in [-0.3, -0.25) is 4.79 Å². The van der Waals surface area contributed by atoms with E-state index in [0.717, 1.165) is 34.1 Å². The SMILES string of the molecule is CC(C)[C@H](C)NCc1cccc(-c2cc(C(N)=O)c3[nH]cc(C4CCS(=O)(=O)CC4)c3c2)c1. The summed E-state index contributed by atoms with van der Waals surface area (Å²) in [7, 11) is -2.95. The first-order chi connectivity index (χ1) is 15.6. The molecule has 0 radical (unpaired) electrons.